The summed E-state index contributed by atoms with van der Waals surface area (Å²) in [7, 11) is 0.829. The van der Waals surface area contributed by atoms with Crippen LogP contribution in [0.4, 0.5) is 0 Å². The summed E-state index contributed by atoms with van der Waals surface area (Å²) < 4.78 is 43.6. The second-order valence-electron chi connectivity index (χ2n) is 5.98. The topological polar surface area (TPSA) is 65.1 Å². The van der Waals surface area contributed by atoms with Gasteiger partial charge in [-0.3, -0.25) is 0 Å². The first-order valence-electron chi connectivity index (χ1n) is 8.37. The van der Waals surface area contributed by atoms with Crippen LogP contribution in [0.5, 0.6) is 17.2 Å². The largest absolute Gasteiger partial charge is 0.494 e. The number of hydrogen-bond acceptors (Lipinski definition) is 5. The van der Waals surface area contributed by atoms with E-state index < -0.39 is 10.0 Å². The number of halogens is 1. The van der Waals surface area contributed by atoms with Crippen molar-refractivity contribution < 1.29 is 22.6 Å². The van der Waals surface area contributed by atoms with Crippen molar-refractivity contribution in [2.45, 2.75) is 18.2 Å². The zero-order chi connectivity index (χ0) is 20.0. The van der Waals surface area contributed by atoms with Gasteiger partial charge in [0.15, 0.2) is 11.5 Å². The van der Waals surface area contributed by atoms with E-state index >= 15 is 0 Å². The van der Waals surface area contributed by atoms with E-state index in [9.17, 15) is 8.42 Å². The number of methoxy groups -OCH3 is 2. The third-order valence-corrected chi connectivity index (χ3v) is 6.82. The average molecular weight is 458 g/mol. The lowest BCUT2D eigenvalue weighted by Crippen LogP contribution is -2.29. The van der Waals surface area contributed by atoms with E-state index in [0.717, 1.165) is 11.3 Å². The maximum Gasteiger partial charge on any atom is 0.244 e. The number of hydrogen-bond donors (Lipinski definition) is 0. The number of sulfonamides is 1. The summed E-state index contributed by atoms with van der Waals surface area (Å²) in [5, 5.41) is 0. The molecule has 0 bridgehead atoms. The van der Waals surface area contributed by atoms with Crippen LogP contribution in [0.2, 0.25) is 0 Å². The highest BCUT2D eigenvalue weighted by Crippen LogP contribution is 2.36. The van der Waals surface area contributed by atoms with E-state index in [1.807, 2.05) is 31.2 Å². The predicted molar refractivity (Wildman–Crippen MR) is 108 cm³/mol. The molecule has 8 heteroatoms. The van der Waals surface area contributed by atoms with E-state index in [2.05, 4.69) is 15.9 Å². The Hall–Kier alpha value is -1.77. The van der Waals surface area contributed by atoms with E-state index in [1.54, 1.807) is 13.1 Å². The lowest BCUT2D eigenvalue weighted by Gasteiger charge is -2.19. The molecule has 148 valence electrons. The molecule has 2 aromatic carbocycles. The zero-order valence-electron chi connectivity index (χ0n) is 15.9. The Labute approximate surface area is 169 Å². The summed E-state index contributed by atoms with van der Waals surface area (Å²) in [6.45, 7) is 2.75. The van der Waals surface area contributed by atoms with Gasteiger partial charge in [-0.25, -0.2) is 12.7 Å². The van der Waals surface area contributed by atoms with Gasteiger partial charge in [-0.05, 0) is 53.0 Å². The molecular formula is C19H24BrNO5S. The predicted octanol–water partition coefficient (Wildman–Crippen LogP) is 3.86. The second kappa shape index (κ2) is 9.43. The van der Waals surface area contributed by atoms with Crippen LogP contribution in [-0.2, 0) is 10.0 Å². The summed E-state index contributed by atoms with van der Waals surface area (Å²) in [5.74, 6) is 1.59. The van der Waals surface area contributed by atoms with Crippen molar-refractivity contribution >= 4 is 26.0 Å². The monoisotopic (exact) mass is 457 g/mol. The first-order chi connectivity index (χ1) is 12.8. The molecule has 0 radical (unpaired) electrons. The number of aryl methyl sites for hydroxylation is 1. The van der Waals surface area contributed by atoms with Gasteiger partial charge in [0.1, 0.15) is 10.6 Å². The van der Waals surface area contributed by atoms with Crippen molar-refractivity contribution in [1.82, 2.24) is 4.31 Å². The fourth-order valence-corrected chi connectivity index (χ4v) is 4.71. The van der Waals surface area contributed by atoms with Crippen LogP contribution in [0.3, 0.4) is 0 Å². The van der Waals surface area contributed by atoms with E-state index in [1.165, 1.54) is 24.6 Å². The minimum atomic E-state index is -3.68. The van der Waals surface area contributed by atoms with Gasteiger partial charge in [-0.15, -0.1) is 0 Å². The summed E-state index contributed by atoms with van der Waals surface area (Å²) in [5.41, 5.74) is 1.12. The molecule has 2 rings (SSSR count). The number of rotatable bonds is 9. The third kappa shape index (κ3) is 5.37. The zero-order valence-corrected chi connectivity index (χ0v) is 18.3. The molecule has 0 saturated heterocycles. The summed E-state index contributed by atoms with van der Waals surface area (Å²) in [6.07, 6.45) is 0.564. The molecule has 0 fully saturated rings. The molecular weight excluding hydrogens is 434 g/mol. The first-order valence-corrected chi connectivity index (χ1v) is 10.6. The minimum Gasteiger partial charge on any atom is -0.494 e. The van der Waals surface area contributed by atoms with Gasteiger partial charge in [0.2, 0.25) is 10.0 Å². The van der Waals surface area contributed by atoms with Crippen LogP contribution in [0, 0.1) is 6.92 Å². The Morgan fingerprint density at radius 3 is 2.37 bits per heavy atom. The van der Waals surface area contributed by atoms with Crippen molar-refractivity contribution in [3.63, 3.8) is 0 Å². The van der Waals surface area contributed by atoms with Gasteiger partial charge in [0, 0.05) is 24.1 Å². The third-order valence-electron chi connectivity index (χ3n) is 4.00. The maximum atomic E-state index is 12.9. The number of benzene rings is 2. The Morgan fingerprint density at radius 1 is 1.07 bits per heavy atom. The fraction of sp³-hybridized carbons (Fsp3) is 0.368. The molecule has 0 N–H and O–H groups in total. The van der Waals surface area contributed by atoms with Gasteiger partial charge >= 0.3 is 0 Å². The van der Waals surface area contributed by atoms with Gasteiger partial charge < -0.3 is 14.2 Å². The molecule has 0 aliphatic carbocycles. The van der Waals surface area contributed by atoms with E-state index in [0.29, 0.717) is 35.5 Å². The second-order valence-corrected chi connectivity index (χ2v) is 8.85. The molecule has 0 spiro atoms. The highest BCUT2D eigenvalue weighted by atomic mass is 79.9. The Bertz CT molecular complexity index is 886. The van der Waals surface area contributed by atoms with Gasteiger partial charge in [0.05, 0.1) is 20.8 Å². The highest BCUT2D eigenvalue weighted by molar-refractivity contribution is 9.10. The molecule has 0 heterocycles. The SMILES string of the molecule is COc1cc(Br)c(S(=O)(=O)N(C)CCCOc2cccc(C)c2)cc1OC. The van der Waals surface area contributed by atoms with Crippen LogP contribution >= 0.6 is 15.9 Å². The van der Waals surface area contributed by atoms with E-state index in [4.69, 9.17) is 14.2 Å². The normalized spacial score (nSPS) is 11.5. The summed E-state index contributed by atoms with van der Waals surface area (Å²) in [4.78, 5) is 0.127. The molecule has 0 aliphatic rings. The van der Waals surface area contributed by atoms with Crippen molar-refractivity contribution in [1.29, 1.82) is 0 Å². The number of ether oxygens (including phenoxy) is 3. The summed E-state index contributed by atoms with van der Waals surface area (Å²) >= 11 is 3.31. The average Bonchev–Trinajstić information content (AvgIpc) is 2.64. The molecule has 6 nitrogen and oxygen atoms in total. The smallest absolute Gasteiger partial charge is 0.244 e. The molecule has 0 aromatic heterocycles. The van der Waals surface area contributed by atoms with Crippen LogP contribution in [0.25, 0.3) is 0 Å². The minimum absolute atomic E-state index is 0.127. The van der Waals surface area contributed by atoms with Crippen LogP contribution in [0.15, 0.2) is 45.8 Å². The van der Waals surface area contributed by atoms with Crippen molar-refractivity contribution in [3.05, 3.63) is 46.4 Å². The van der Waals surface area contributed by atoms with Gasteiger partial charge in [0.25, 0.3) is 0 Å². The number of nitrogens with zero attached hydrogens (tertiary/aromatic N) is 1. The van der Waals surface area contributed by atoms with Crippen molar-refractivity contribution in [3.8, 4) is 17.2 Å². The van der Waals surface area contributed by atoms with Crippen LogP contribution in [0.1, 0.15) is 12.0 Å². The Balaban J connectivity index is 2.03. The van der Waals surface area contributed by atoms with Crippen molar-refractivity contribution in [2.24, 2.45) is 0 Å². The van der Waals surface area contributed by atoms with Gasteiger partial charge in [-0.1, -0.05) is 12.1 Å². The highest BCUT2D eigenvalue weighted by Gasteiger charge is 2.25. The van der Waals surface area contributed by atoms with Crippen LogP contribution in [-0.4, -0.2) is 47.1 Å². The van der Waals surface area contributed by atoms with Gasteiger partial charge in [-0.2, -0.15) is 0 Å². The van der Waals surface area contributed by atoms with Crippen molar-refractivity contribution in [2.75, 3.05) is 34.4 Å². The molecule has 0 atom stereocenters. The molecule has 0 aliphatic heterocycles. The summed E-state index contributed by atoms with van der Waals surface area (Å²) in [6, 6.07) is 10.8. The Morgan fingerprint density at radius 2 is 1.74 bits per heavy atom. The molecule has 0 saturated carbocycles. The first kappa shape index (κ1) is 21.5. The molecule has 0 unspecified atom stereocenters. The van der Waals surface area contributed by atoms with E-state index in [-0.39, 0.29) is 4.90 Å². The fourth-order valence-electron chi connectivity index (χ4n) is 2.50. The Kier molecular flexibility index (Phi) is 7.52. The van der Waals surface area contributed by atoms with Crippen LogP contribution < -0.4 is 14.2 Å². The standard InChI is InChI=1S/C19H24BrNO5S/c1-14-7-5-8-15(11-14)26-10-6-9-21(2)27(22,23)19-13-18(25-4)17(24-3)12-16(19)20/h5,7-8,11-13H,6,9-10H2,1-4H3. The lowest BCUT2D eigenvalue weighted by molar-refractivity contribution is 0.296. The maximum absolute atomic E-state index is 12.9. The molecule has 0 amide bonds. The lowest BCUT2D eigenvalue weighted by atomic mass is 10.2. The molecule has 27 heavy (non-hydrogen) atoms. The quantitative estimate of drug-likeness (QED) is 0.534. The molecule has 2 aromatic rings.